The highest BCUT2D eigenvalue weighted by molar-refractivity contribution is 6.32. The van der Waals surface area contributed by atoms with Gasteiger partial charge in [0.05, 0.1) is 5.02 Å². The molecule has 1 N–H and O–H groups in total. The normalized spacial score (nSPS) is 10.5. The zero-order chi connectivity index (χ0) is 21.5. The second-order valence-electron chi connectivity index (χ2n) is 6.60. The molecular formula is C24H19Cl3O3. The van der Waals surface area contributed by atoms with Crippen LogP contribution in [0.4, 0.5) is 0 Å². The fourth-order valence-corrected chi connectivity index (χ4v) is 3.45. The third kappa shape index (κ3) is 6.27. The van der Waals surface area contributed by atoms with Crippen LogP contribution < -0.4 is 4.74 Å². The van der Waals surface area contributed by atoms with Crippen molar-refractivity contribution in [3.63, 3.8) is 0 Å². The summed E-state index contributed by atoms with van der Waals surface area (Å²) in [5.74, 6) is -0.299. The van der Waals surface area contributed by atoms with Crippen LogP contribution in [0, 0.1) is 0 Å². The van der Waals surface area contributed by atoms with Gasteiger partial charge in [-0.15, -0.1) is 0 Å². The van der Waals surface area contributed by atoms with Gasteiger partial charge < -0.3 is 9.84 Å². The van der Waals surface area contributed by atoms with Crippen molar-refractivity contribution in [3.8, 4) is 5.75 Å². The molecule has 0 atom stereocenters. The smallest absolute Gasteiger partial charge is 0.303 e. The Hall–Kier alpha value is -2.46. The zero-order valence-corrected chi connectivity index (χ0v) is 18.2. The first-order chi connectivity index (χ1) is 14.4. The van der Waals surface area contributed by atoms with Gasteiger partial charge in [0.2, 0.25) is 0 Å². The Morgan fingerprint density at radius 3 is 1.93 bits per heavy atom. The van der Waals surface area contributed by atoms with Gasteiger partial charge in [0, 0.05) is 16.5 Å². The van der Waals surface area contributed by atoms with Crippen LogP contribution >= 0.6 is 34.8 Å². The number of carboxylic acid groups (broad SMARTS) is 1. The molecule has 3 aromatic carbocycles. The first-order valence-electron chi connectivity index (χ1n) is 9.27. The van der Waals surface area contributed by atoms with Crippen molar-refractivity contribution in [2.75, 3.05) is 6.61 Å². The van der Waals surface area contributed by atoms with Gasteiger partial charge in [-0.25, -0.2) is 0 Å². The number of aliphatic carboxylic acids is 1. The number of aryl methyl sites for hydroxylation is 1. The van der Waals surface area contributed by atoms with Crippen molar-refractivity contribution in [1.29, 1.82) is 0 Å². The predicted molar refractivity (Wildman–Crippen MR) is 123 cm³/mol. The second kappa shape index (κ2) is 10.5. The van der Waals surface area contributed by atoms with Crippen molar-refractivity contribution in [3.05, 3.63) is 105 Å². The molecule has 0 radical (unpaired) electrons. The Morgan fingerprint density at radius 1 is 0.867 bits per heavy atom. The summed E-state index contributed by atoms with van der Waals surface area (Å²) in [4.78, 5) is 10.7. The topological polar surface area (TPSA) is 46.5 Å². The Balaban J connectivity index is 1.78. The molecule has 0 heterocycles. The molecule has 0 aromatic heterocycles. The van der Waals surface area contributed by atoms with Crippen LogP contribution in [-0.4, -0.2) is 17.7 Å². The maximum absolute atomic E-state index is 10.7. The van der Waals surface area contributed by atoms with Crippen molar-refractivity contribution in [2.45, 2.75) is 12.8 Å². The first kappa shape index (κ1) is 22.2. The largest absolute Gasteiger partial charge is 0.488 e. The van der Waals surface area contributed by atoms with Gasteiger partial charge in [-0.2, -0.15) is 0 Å². The van der Waals surface area contributed by atoms with Crippen LogP contribution in [0.25, 0.3) is 5.57 Å². The average Bonchev–Trinajstić information content (AvgIpc) is 2.72. The average molecular weight is 462 g/mol. The Bertz CT molecular complexity index is 995. The summed E-state index contributed by atoms with van der Waals surface area (Å²) in [5.41, 5.74) is 3.84. The molecule has 30 heavy (non-hydrogen) atoms. The van der Waals surface area contributed by atoms with Gasteiger partial charge in [0.25, 0.3) is 0 Å². The van der Waals surface area contributed by atoms with E-state index in [-0.39, 0.29) is 6.42 Å². The van der Waals surface area contributed by atoms with Crippen LogP contribution in [0.3, 0.4) is 0 Å². The second-order valence-corrected chi connectivity index (χ2v) is 7.88. The monoisotopic (exact) mass is 460 g/mol. The molecule has 3 aromatic rings. The molecule has 3 nitrogen and oxygen atoms in total. The number of hydrogen-bond acceptors (Lipinski definition) is 2. The fourth-order valence-electron chi connectivity index (χ4n) is 2.94. The molecule has 6 heteroatoms. The molecule has 0 fully saturated rings. The van der Waals surface area contributed by atoms with Crippen LogP contribution in [0.15, 0.2) is 72.8 Å². The minimum Gasteiger partial charge on any atom is -0.488 e. The molecule has 0 amide bonds. The molecule has 3 rings (SSSR count). The molecular weight excluding hydrogens is 443 g/mol. The number of halogens is 3. The van der Waals surface area contributed by atoms with Crippen LogP contribution in [0.1, 0.15) is 23.1 Å². The summed E-state index contributed by atoms with van der Waals surface area (Å²) in [6.07, 6.45) is 2.46. The molecule has 154 valence electrons. The standard InChI is InChI=1S/C24H19Cl3O3/c25-19-7-3-17(4-8-19)21(18-5-9-20(26)10-6-18)13-14-30-23-11-1-16(15-22(23)27)2-12-24(28)29/h1,3-11,13,15H,2,12,14H2,(H,28,29). The van der Waals surface area contributed by atoms with Crippen molar-refractivity contribution in [2.24, 2.45) is 0 Å². The summed E-state index contributed by atoms with van der Waals surface area (Å²) < 4.78 is 5.86. The molecule has 0 aliphatic carbocycles. The first-order valence-corrected chi connectivity index (χ1v) is 10.4. The van der Waals surface area contributed by atoms with E-state index >= 15 is 0 Å². The lowest BCUT2D eigenvalue weighted by atomic mass is 9.98. The van der Waals surface area contributed by atoms with E-state index in [0.29, 0.717) is 33.8 Å². The number of rotatable bonds is 8. The lowest BCUT2D eigenvalue weighted by Gasteiger charge is -2.11. The van der Waals surface area contributed by atoms with E-state index in [9.17, 15) is 4.79 Å². The van der Waals surface area contributed by atoms with Gasteiger partial charge in [0.15, 0.2) is 0 Å². The number of benzene rings is 3. The highest BCUT2D eigenvalue weighted by atomic mass is 35.5. The Labute approximate surface area is 190 Å². The van der Waals surface area contributed by atoms with Crippen molar-refractivity contribution in [1.82, 2.24) is 0 Å². The number of hydrogen-bond donors (Lipinski definition) is 1. The van der Waals surface area contributed by atoms with Crippen molar-refractivity contribution >= 4 is 46.3 Å². The quantitative estimate of drug-likeness (QED) is 0.386. The predicted octanol–water partition coefficient (Wildman–Crippen LogP) is 7.17. The summed E-state index contributed by atoms with van der Waals surface area (Å²) >= 11 is 18.4. The van der Waals surface area contributed by atoms with E-state index in [1.165, 1.54) is 0 Å². The number of carboxylic acids is 1. The summed E-state index contributed by atoms with van der Waals surface area (Å²) in [5, 5.41) is 10.6. The van der Waals surface area contributed by atoms with Gasteiger partial charge in [-0.3, -0.25) is 4.79 Å². The van der Waals surface area contributed by atoms with E-state index in [0.717, 1.165) is 22.3 Å². The number of ether oxygens (including phenoxy) is 1. The highest BCUT2D eigenvalue weighted by Crippen LogP contribution is 2.28. The number of carbonyl (C=O) groups is 1. The van der Waals surface area contributed by atoms with Crippen LogP contribution in [0.2, 0.25) is 15.1 Å². The third-order valence-electron chi connectivity index (χ3n) is 4.46. The van der Waals surface area contributed by atoms with Crippen LogP contribution in [0.5, 0.6) is 5.75 Å². The third-order valence-corrected chi connectivity index (χ3v) is 5.26. The van der Waals surface area contributed by atoms with E-state index in [2.05, 4.69) is 0 Å². The zero-order valence-electron chi connectivity index (χ0n) is 15.9. The van der Waals surface area contributed by atoms with Crippen molar-refractivity contribution < 1.29 is 14.6 Å². The lowest BCUT2D eigenvalue weighted by molar-refractivity contribution is -0.136. The highest BCUT2D eigenvalue weighted by Gasteiger charge is 2.08. The summed E-state index contributed by atoms with van der Waals surface area (Å²) in [6.45, 7) is 0.300. The Morgan fingerprint density at radius 2 is 1.43 bits per heavy atom. The van der Waals surface area contributed by atoms with E-state index in [1.807, 2.05) is 60.7 Å². The van der Waals surface area contributed by atoms with Crippen LogP contribution in [-0.2, 0) is 11.2 Å². The SMILES string of the molecule is O=C(O)CCc1ccc(OCC=C(c2ccc(Cl)cc2)c2ccc(Cl)cc2)c(Cl)c1. The molecule has 0 saturated heterocycles. The maximum atomic E-state index is 10.7. The maximum Gasteiger partial charge on any atom is 0.303 e. The molecule has 0 spiro atoms. The van der Waals surface area contributed by atoms with Gasteiger partial charge in [-0.05, 0) is 71.2 Å². The molecule has 0 saturated carbocycles. The summed E-state index contributed by atoms with van der Waals surface area (Å²) in [7, 11) is 0. The minimum absolute atomic E-state index is 0.0603. The molecule has 0 aliphatic heterocycles. The van der Waals surface area contributed by atoms with Gasteiger partial charge in [0.1, 0.15) is 12.4 Å². The minimum atomic E-state index is -0.839. The fraction of sp³-hybridized carbons (Fsp3) is 0.125. The van der Waals surface area contributed by atoms with E-state index in [1.54, 1.807) is 12.1 Å². The molecule has 0 aliphatic rings. The summed E-state index contributed by atoms with van der Waals surface area (Å²) in [6, 6.07) is 20.5. The Kier molecular flexibility index (Phi) is 7.81. The van der Waals surface area contributed by atoms with Gasteiger partial charge >= 0.3 is 5.97 Å². The van der Waals surface area contributed by atoms with E-state index < -0.39 is 5.97 Å². The van der Waals surface area contributed by atoms with E-state index in [4.69, 9.17) is 44.6 Å². The molecule has 0 bridgehead atoms. The lowest BCUT2D eigenvalue weighted by Crippen LogP contribution is -1.99. The molecule has 0 unspecified atom stereocenters. The van der Waals surface area contributed by atoms with Gasteiger partial charge in [-0.1, -0.05) is 65.1 Å².